The quantitative estimate of drug-likeness (QED) is 0.409. The van der Waals surface area contributed by atoms with Gasteiger partial charge in [-0.2, -0.15) is 0 Å². The molecular formula is C23H16Cl2N2O2. The molecule has 29 heavy (non-hydrogen) atoms. The fourth-order valence-corrected chi connectivity index (χ4v) is 3.41. The Hall–Kier alpha value is -3.08. The summed E-state index contributed by atoms with van der Waals surface area (Å²) in [6.45, 7) is 0. The van der Waals surface area contributed by atoms with Crippen LogP contribution in [0.3, 0.4) is 0 Å². The maximum atomic E-state index is 13.1. The van der Waals surface area contributed by atoms with Gasteiger partial charge in [-0.05, 0) is 42.5 Å². The van der Waals surface area contributed by atoms with Crippen molar-refractivity contribution in [2.24, 2.45) is 0 Å². The second-order valence-electron chi connectivity index (χ2n) is 6.38. The zero-order valence-electron chi connectivity index (χ0n) is 15.4. The van der Waals surface area contributed by atoms with Crippen molar-refractivity contribution in [2.45, 2.75) is 0 Å². The van der Waals surface area contributed by atoms with Gasteiger partial charge in [0.25, 0.3) is 5.91 Å². The van der Waals surface area contributed by atoms with Crippen molar-refractivity contribution in [3.05, 3.63) is 88.4 Å². The van der Waals surface area contributed by atoms with E-state index >= 15 is 0 Å². The Labute approximate surface area is 178 Å². The molecule has 0 unspecified atom stereocenters. The third-order valence-electron chi connectivity index (χ3n) is 4.50. The van der Waals surface area contributed by atoms with Gasteiger partial charge in [0.15, 0.2) is 0 Å². The predicted molar refractivity (Wildman–Crippen MR) is 118 cm³/mol. The molecule has 6 heteroatoms. The molecule has 1 heterocycles. The maximum Gasteiger partial charge on any atom is 0.256 e. The first kappa shape index (κ1) is 19.2. The van der Waals surface area contributed by atoms with E-state index in [9.17, 15) is 4.79 Å². The predicted octanol–water partition coefficient (Wildman–Crippen LogP) is 6.47. The minimum Gasteiger partial charge on any atom is -0.497 e. The van der Waals surface area contributed by atoms with Gasteiger partial charge in [0.2, 0.25) is 0 Å². The van der Waals surface area contributed by atoms with Crippen LogP contribution in [0.5, 0.6) is 5.75 Å². The number of nitrogens with zero attached hydrogens (tertiary/aromatic N) is 1. The Morgan fingerprint density at radius 2 is 1.79 bits per heavy atom. The van der Waals surface area contributed by atoms with E-state index in [4.69, 9.17) is 32.9 Å². The molecule has 3 aromatic carbocycles. The minimum absolute atomic E-state index is 0.295. The summed E-state index contributed by atoms with van der Waals surface area (Å²) in [5.41, 5.74) is 3.18. The fourth-order valence-electron chi connectivity index (χ4n) is 3.08. The minimum atomic E-state index is -0.295. The van der Waals surface area contributed by atoms with Gasteiger partial charge in [0.05, 0.1) is 34.6 Å². The first-order valence-corrected chi connectivity index (χ1v) is 9.61. The molecule has 4 rings (SSSR count). The standard InChI is InChI=1S/C23H16Cl2N2O2/c1-29-16-6-4-5-14(11-16)21-13-18(17-7-2-3-8-20(17)26-21)23(28)27-22-12-15(24)9-10-19(22)25/h2-13H,1H3,(H,27,28). The molecule has 1 amide bonds. The van der Waals surface area contributed by atoms with Gasteiger partial charge < -0.3 is 10.1 Å². The van der Waals surface area contributed by atoms with Crippen molar-refractivity contribution in [2.75, 3.05) is 12.4 Å². The van der Waals surface area contributed by atoms with Gasteiger partial charge in [-0.15, -0.1) is 0 Å². The van der Waals surface area contributed by atoms with E-state index in [2.05, 4.69) is 5.32 Å². The molecule has 0 saturated carbocycles. The molecule has 0 radical (unpaired) electrons. The van der Waals surface area contributed by atoms with Crippen LogP contribution in [0.25, 0.3) is 22.2 Å². The number of hydrogen-bond donors (Lipinski definition) is 1. The number of carbonyl (C=O) groups is 1. The average Bonchev–Trinajstić information content (AvgIpc) is 2.75. The first-order valence-electron chi connectivity index (χ1n) is 8.86. The lowest BCUT2D eigenvalue weighted by atomic mass is 10.0. The molecule has 1 aromatic heterocycles. The highest BCUT2D eigenvalue weighted by Gasteiger charge is 2.16. The zero-order valence-corrected chi connectivity index (χ0v) is 17.0. The Balaban J connectivity index is 1.82. The number of methoxy groups -OCH3 is 1. The van der Waals surface area contributed by atoms with Crippen molar-refractivity contribution in [3.8, 4) is 17.0 Å². The molecule has 0 saturated heterocycles. The van der Waals surface area contributed by atoms with E-state index in [1.807, 2.05) is 48.5 Å². The van der Waals surface area contributed by atoms with Crippen molar-refractivity contribution in [1.82, 2.24) is 4.98 Å². The summed E-state index contributed by atoms with van der Waals surface area (Å²) in [5.74, 6) is 0.422. The van der Waals surface area contributed by atoms with Crippen molar-refractivity contribution >= 4 is 45.7 Å². The van der Waals surface area contributed by atoms with Crippen LogP contribution in [-0.2, 0) is 0 Å². The van der Waals surface area contributed by atoms with E-state index in [-0.39, 0.29) is 5.91 Å². The monoisotopic (exact) mass is 422 g/mol. The van der Waals surface area contributed by atoms with E-state index < -0.39 is 0 Å². The van der Waals surface area contributed by atoms with Crippen molar-refractivity contribution in [1.29, 1.82) is 0 Å². The van der Waals surface area contributed by atoms with E-state index in [0.29, 0.717) is 32.7 Å². The Kier molecular flexibility index (Phi) is 5.38. The average molecular weight is 423 g/mol. The molecule has 0 spiro atoms. The number of fused-ring (bicyclic) bond motifs is 1. The summed E-state index contributed by atoms with van der Waals surface area (Å²) in [5, 5.41) is 4.50. The number of amides is 1. The van der Waals surface area contributed by atoms with Crippen LogP contribution in [0.15, 0.2) is 72.8 Å². The molecule has 0 atom stereocenters. The smallest absolute Gasteiger partial charge is 0.256 e. The molecule has 144 valence electrons. The van der Waals surface area contributed by atoms with Gasteiger partial charge in [0, 0.05) is 16.0 Å². The molecular weight excluding hydrogens is 407 g/mol. The van der Waals surface area contributed by atoms with Gasteiger partial charge in [0.1, 0.15) is 5.75 Å². The summed E-state index contributed by atoms with van der Waals surface area (Å²) in [6.07, 6.45) is 0. The number of para-hydroxylation sites is 1. The van der Waals surface area contributed by atoms with Gasteiger partial charge in [-0.1, -0.05) is 53.5 Å². The number of ether oxygens (including phenoxy) is 1. The summed E-state index contributed by atoms with van der Waals surface area (Å²) in [4.78, 5) is 17.9. The topological polar surface area (TPSA) is 51.2 Å². The van der Waals surface area contributed by atoms with Gasteiger partial charge in [-0.3, -0.25) is 4.79 Å². The second kappa shape index (κ2) is 8.11. The van der Waals surface area contributed by atoms with Crippen LogP contribution in [0, 0.1) is 0 Å². The number of aromatic nitrogens is 1. The van der Waals surface area contributed by atoms with Crippen LogP contribution >= 0.6 is 23.2 Å². The second-order valence-corrected chi connectivity index (χ2v) is 7.23. The Bertz CT molecular complexity index is 1220. The molecule has 4 aromatic rings. The van der Waals surface area contributed by atoms with E-state index in [1.54, 1.807) is 31.4 Å². The first-order chi connectivity index (χ1) is 14.0. The molecule has 0 aliphatic rings. The summed E-state index contributed by atoms with van der Waals surface area (Å²) >= 11 is 12.3. The largest absolute Gasteiger partial charge is 0.497 e. The third kappa shape index (κ3) is 4.04. The molecule has 1 N–H and O–H groups in total. The number of pyridine rings is 1. The van der Waals surface area contributed by atoms with E-state index in [0.717, 1.165) is 16.5 Å². The number of benzene rings is 3. The summed E-state index contributed by atoms with van der Waals surface area (Å²) in [6, 6.07) is 21.8. The van der Waals surface area contributed by atoms with Gasteiger partial charge >= 0.3 is 0 Å². The van der Waals surface area contributed by atoms with E-state index in [1.165, 1.54) is 0 Å². The lowest BCUT2D eigenvalue weighted by molar-refractivity contribution is 0.102. The van der Waals surface area contributed by atoms with Crippen LogP contribution in [0.1, 0.15) is 10.4 Å². The van der Waals surface area contributed by atoms with Crippen molar-refractivity contribution in [3.63, 3.8) is 0 Å². The zero-order chi connectivity index (χ0) is 20.4. The molecule has 0 fully saturated rings. The number of halogens is 2. The van der Waals surface area contributed by atoms with Crippen LogP contribution in [0.2, 0.25) is 10.0 Å². The SMILES string of the molecule is COc1cccc(-c2cc(C(=O)Nc3cc(Cl)ccc3Cl)c3ccccc3n2)c1. The highest BCUT2D eigenvalue weighted by atomic mass is 35.5. The number of carbonyl (C=O) groups excluding carboxylic acids is 1. The highest BCUT2D eigenvalue weighted by Crippen LogP contribution is 2.29. The lowest BCUT2D eigenvalue weighted by Crippen LogP contribution is -2.13. The number of hydrogen-bond acceptors (Lipinski definition) is 3. The maximum absolute atomic E-state index is 13.1. The lowest BCUT2D eigenvalue weighted by Gasteiger charge is -2.12. The van der Waals surface area contributed by atoms with Crippen molar-refractivity contribution < 1.29 is 9.53 Å². The molecule has 0 aliphatic heterocycles. The highest BCUT2D eigenvalue weighted by molar-refractivity contribution is 6.36. The number of anilines is 1. The molecule has 0 aliphatic carbocycles. The summed E-state index contributed by atoms with van der Waals surface area (Å²) in [7, 11) is 1.61. The third-order valence-corrected chi connectivity index (χ3v) is 5.07. The van der Waals surface area contributed by atoms with Crippen LogP contribution < -0.4 is 10.1 Å². The molecule has 4 nitrogen and oxygen atoms in total. The van der Waals surface area contributed by atoms with Crippen LogP contribution in [0.4, 0.5) is 5.69 Å². The van der Waals surface area contributed by atoms with Crippen LogP contribution in [-0.4, -0.2) is 18.0 Å². The number of rotatable bonds is 4. The Morgan fingerprint density at radius 3 is 2.62 bits per heavy atom. The Morgan fingerprint density at radius 1 is 0.966 bits per heavy atom. The molecule has 0 bridgehead atoms. The summed E-state index contributed by atoms with van der Waals surface area (Å²) < 4.78 is 5.31. The fraction of sp³-hybridized carbons (Fsp3) is 0.0435. The number of nitrogens with one attached hydrogen (secondary N) is 1. The normalized spacial score (nSPS) is 10.7. The van der Waals surface area contributed by atoms with Gasteiger partial charge in [-0.25, -0.2) is 4.98 Å².